The molecule has 0 N–H and O–H groups in total. The maximum Gasteiger partial charge on any atom is 0.306 e. The molecule has 0 saturated carbocycles. The number of non-ortho nitro benzene ring substituents is 1. The van der Waals surface area contributed by atoms with Crippen LogP contribution in [0, 0.1) is 10.1 Å². The van der Waals surface area contributed by atoms with Crippen molar-refractivity contribution in [2.75, 3.05) is 19.4 Å². The average Bonchev–Trinajstić information content (AvgIpc) is 3.25. The minimum absolute atomic E-state index is 0.0169. The van der Waals surface area contributed by atoms with E-state index in [9.17, 15) is 23.3 Å². The lowest BCUT2D eigenvalue weighted by Gasteiger charge is -2.24. The van der Waals surface area contributed by atoms with E-state index in [1.807, 2.05) is 0 Å². The van der Waals surface area contributed by atoms with E-state index in [0.29, 0.717) is 25.3 Å². The molecule has 0 bridgehead atoms. The fourth-order valence-electron chi connectivity index (χ4n) is 3.29. The number of carbonyl (C=O) groups excluding carboxylic acids is 1. The van der Waals surface area contributed by atoms with E-state index >= 15 is 0 Å². The molecule has 2 aromatic rings. The van der Waals surface area contributed by atoms with Crippen LogP contribution in [0.15, 0.2) is 54.6 Å². The van der Waals surface area contributed by atoms with Gasteiger partial charge < -0.3 is 13.8 Å². The Kier molecular flexibility index (Phi) is 7.60. The van der Waals surface area contributed by atoms with Crippen LogP contribution < -0.4 is 4.18 Å². The van der Waals surface area contributed by atoms with Crippen LogP contribution in [-0.4, -0.2) is 49.7 Å². The number of nitrogens with zero attached hydrogens (tertiary/aromatic N) is 2. The summed E-state index contributed by atoms with van der Waals surface area (Å²) < 4.78 is 33.0. The van der Waals surface area contributed by atoms with Crippen molar-refractivity contribution in [1.82, 2.24) is 4.90 Å². The second-order valence-corrected chi connectivity index (χ2v) is 9.04. The monoisotopic (exact) mass is 460 g/mol. The first-order valence-corrected chi connectivity index (χ1v) is 11.8. The van der Waals surface area contributed by atoms with Crippen LogP contribution in [0.4, 0.5) is 5.69 Å². The van der Waals surface area contributed by atoms with E-state index in [0.717, 1.165) is 24.7 Å². The summed E-state index contributed by atoms with van der Waals surface area (Å²) in [4.78, 5) is 24.9. The van der Waals surface area contributed by atoms with Gasteiger partial charge in [-0.15, -0.1) is 0 Å². The Morgan fingerprint density at radius 3 is 2.47 bits per heavy atom. The highest BCUT2D eigenvalue weighted by Gasteiger charge is 2.22. The van der Waals surface area contributed by atoms with Crippen LogP contribution in [0.2, 0.25) is 0 Å². The third-order valence-corrected chi connectivity index (χ3v) is 5.32. The van der Waals surface area contributed by atoms with Gasteiger partial charge in [0, 0.05) is 37.9 Å². The number of rotatable bonds is 9. The van der Waals surface area contributed by atoms with Gasteiger partial charge in [-0.05, 0) is 54.3 Å². The molecule has 1 atom stereocenters. The van der Waals surface area contributed by atoms with Crippen molar-refractivity contribution >= 4 is 27.8 Å². The number of benzene rings is 2. The predicted molar refractivity (Wildman–Crippen MR) is 118 cm³/mol. The van der Waals surface area contributed by atoms with Crippen LogP contribution in [0.3, 0.4) is 0 Å². The van der Waals surface area contributed by atoms with Gasteiger partial charge >= 0.3 is 10.1 Å². The molecule has 9 nitrogen and oxygen atoms in total. The van der Waals surface area contributed by atoms with Gasteiger partial charge in [-0.3, -0.25) is 14.9 Å². The van der Waals surface area contributed by atoms with Crippen molar-refractivity contribution in [3.63, 3.8) is 0 Å². The van der Waals surface area contributed by atoms with E-state index in [1.54, 1.807) is 35.2 Å². The lowest BCUT2D eigenvalue weighted by Crippen LogP contribution is -2.35. The molecule has 1 unspecified atom stereocenters. The van der Waals surface area contributed by atoms with Gasteiger partial charge in [-0.1, -0.05) is 12.1 Å². The van der Waals surface area contributed by atoms with E-state index in [4.69, 9.17) is 8.92 Å². The summed E-state index contributed by atoms with van der Waals surface area (Å²) in [5.74, 6) is -0.0263. The number of nitro groups is 1. The minimum Gasteiger partial charge on any atom is -0.383 e. The van der Waals surface area contributed by atoms with Crippen LogP contribution in [0.25, 0.3) is 6.08 Å². The molecule has 0 radical (unpaired) electrons. The molecular weight excluding hydrogens is 436 g/mol. The quantitative estimate of drug-likeness (QED) is 0.244. The topological polar surface area (TPSA) is 116 Å². The number of carbonyl (C=O) groups is 1. The molecule has 1 fully saturated rings. The standard InChI is InChI=1S/C22H24N2O7S/c1-32(28,29)31-20-11-6-18(7-12-20)15-23(16-21-3-2-14-30-21)22(25)13-8-17-4-9-19(10-5-17)24(26)27/h4-13,21H,2-3,14-16H2,1H3. The zero-order chi connectivity index (χ0) is 23.1. The molecule has 1 heterocycles. The Morgan fingerprint density at radius 2 is 1.91 bits per heavy atom. The van der Waals surface area contributed by atoms with Crippen LogP contribution in [0.1, 0.15) is 24.0 Å². The molecule has 10 heteroatoms. The smallest absolute Gasteiger partial charge is 0.306 e. The average molecular weight is 461 g/mol. The molecule has 32 heavy (non-hydrogen) atoms. The molecule has 170 valence electrons. The number of ether oxygens (including phenoxy) is 1. The summed E-state index contributed by atoms with van der Waals surface area (Å²) in [6.07, 6.45) is 5.79. The highest BCUT2D eigenvalue weighted by Crippen LogP contribution is 2.19. The van der Waals surface area contributed by atoms with Gasteiger partial charge in [0.25, 0.3) is 5.69 Å². The van der Waals surface area contributed by atoms with Gasteiger partial charge in [0.2, 0.25) is 5.91 Å². The van der Waals surface area contributed by atoms with Crippen molar-refractivity contribution in [2.45, 2.75) is 25.5 Å². The summed E-state index contributed by atoms with van der Waals surface area (Å²) in [5, 5.41) is 10.8. The summed E-state index contributed by atoms with van der Waals surface area (Å²) in [5.41, 5.74) is 1.46. The SMILES string of the molecule is CS(=O)(=O)Oc1ccc(CN(CC2CCCO2)C(=O)C=Cc2ccc([N+](=O)[O-])cc2)cc1. The molecule has 0 aromatic heterocycles. The fourth-order valence-corrected chi connectivity index (χ4v) is 3.75. The predicted octanol–water partition coefficient (Wildman–Crippen LogP) is 3.15. The summed E-state index contributed by atoms with van der Waals surface area (Å²) in [6.45, 7) is 1.40. The van der Waals surface area contributed by atoms with E-state index in [1.165, 1.54) is 30.3 Å². The summed E-state index contributed by atoms with van der Waals surface area (Å²) in [7, 11) is -3.61. The van der Waals surface area contributed by atoms with Gasteiger partial charge in [0.1, 0.15) is 5.75 Å². The van der Waals surface area contributed by atoms with Crippen LogP contribution >= 0.6 is 0 Å². The summed E-state index contributed by atoms with van der Waals surface area (Å²) in [6, 6.07) is 12.4. The molecule has 1 aliphatic heterocycles. The van der Waals surface area contributed by atoms with Crippen molar-refractivity contribution < 1.29 is 27.1 Å². The van der Waals surface area contributed by atoms with E-state index in [2.05, 4.69) is 0 Å². The highest BCUT2D eigenvalue weighted by atomic mass is 32.2. The van der Waals surface area contributed by atoms with Gasteiger partial charge in [-0.2, -0.15) is 8.42 Å². The van der Waals surface area contributed by atoms with Gasteiger partial charge in [-0.25, -0.2) is 0 Å². The molecule has 0 aliphatic carbocycles. The molecule has 1 saturated heterocycles. The van der Waals surface area contributed by atoms with Crippen molar-refractivity contribution in [3.05, 3.63) is 75.8 Å². The van der Waals surface area contributed by atoms with Gasteiger partial charge in [0.05, 0.1) is 17.3 Å². The third-order valence-electron chi connectivity index (χ3n) is 4.83. The number of amides is 1. The minimum atomic E-state index is -3.61. The lowest BCUT2D eigenvalue weighted by atomic mass is 10.1. The Labute approximate surface area is 186 Å². The van der Waals surface area contributed by atoms with E-state index in [-0.39, 0.29) is 23.4 Å². The highest BCUT2D eigenvalue weighted by molar-refractivity contribution is 7.86. The molecule has 0 spiro atoms. The fraction of sp³-hybridized carbons (Fsp3) is 0.318. The van der Waals surface area contributed by atoms with Gasteiger partial charge in [0.15, 0.2) is 0 Å². The summed E-state index contributed by atoms with van der Waals surface area (Å²) >= 11 is 0. The van der Waals surface area contributed by atoms with Crippen molar-refractivity contribution in [3.8, 4) is 5.75 Å². The Bertz CT molecular complexity index is 1070. The van der Waals surface area contributed by atoms with E-state index < -0.39 is 15.0 Å². The van der Waals surface area contributed by atoms with Crippen molar-refractivity contribution in [2.24, 2.45) is 0 Å². The molecule has 1 aliphatic rings. The zero-order valence-corrected chi connectivity index (χ0v) is 18.4. The Balaban J connectivity index is 1.71. The normalized spacial score (nSPS) is 16.2. The maximum atomic E-state index is 12.9. The second-order valence-electron chi connectivity index (χ2n) is 7.47. The molecule has 3 rings (SSSR count). The molecular formula is C22H24N2O7S. The first-order chi connectivity index (χ1) is 15.2. The zero-order valence-electron chi connectivity index (χ0n) is 17.5. The third kappa shape index (κ3) is 7.17. The number of nitro benzene ring substituents is 1. The number of hydrogen-bond donors (Lipinski definition) is 0. The first-order valence-electron chi connectivity index (χ1n) is 10.0. The van der Waals surface area contributed by atoms with Crippen LogP contribution in [-0.2, 0) is 26.2 Å². The number of hydrogen-bond acceptors (Lipinski definition) is 7. The van der Waals surface area contributed by atoms with Crippen LogP contribution in [0.5, 0.6) is 5.75 Å². The molecule has 1 amide bonds. The molecule has 2 aromatic carbocycles. The first kappa shape index (κ1) is 23.4. The Morgan fingerprint density at radius 1 is 1.22 bits per heavy atom. The lowest BCUT2D eigenvalue weighted by molar-refractivity contribution is -0.384. The largest absolute Gasteiger partial charge is 0.383 e. The van der Waals surface area contributed by atoms with Crippen molar-refractivity contribution in [1.29, 1.82) is 0 Å². The Hall–Kier alpha value is -3.24. The second kappa shape index (κ2) is 10.4. The maximum absolute atomic E-state index is 12.9.